The molecule has 2 heterocycles. The lowest BCUT2D eigenvalue weighted by Gasteiger charge is -2.13. The SMILES string of the molecule is COc1ccc(S(=O)(=O)Nc2cc(Cl)cnc2C(=O)c2cccnc2C)cc1F. The van der Waals surface area contributed by atoms with Gasteiger partial charge in [-0.2, -0.15) is 0 Å². The van der Waals surface area contributed by atoms with Gasteiger partial charge in [0, 0.05) is 23.7 Å². The number of ether oxygens (including phenoxy) is 1. The highest BCUT2D eigenvalue weighted by atomic mass is 35.5. The summed E-state index contributed by atoms with van der Waals surface area (Å²) in [7, 11) is -2.97. The average Bonchev–Trinajstić information content (AvgIpc) is 2.67. The Kier molecular flexibility index (Phi) is 5.81. The Hall–Kier alpha value is -3.04. The molecule has 29 heavy (non-hydrogen) atoms. The Bertz CT molecular complexity index is 1200. The van der Waals surface area contributed by atoms with Crippen LogP contribution in [0.3, 0.4) is 0 Å². The highest BCUT2D eigenvalue weighted by Gasteiger charge is 2.23. The number of aryl methyl sites for hydroxylation is 1. The number of nitrogens with one attached hydrogen (secondary N) is 1. The lowest BCUT2D eigenvalue weighted by molar-refractivity contribution is 0.103. The topological polar surface area (TPSA) is 98.3 Å². The first-order valence-corrected chi connectivity index (χ1v) is 10.1. The fourth-order valence-electron chi connectivity index (χ4n) is 2.57. The van der Waals surface area contributed by atoms with Crippen LogP contribution in [-0.2, 0) is 10.0 Å². The van der Waals surface area contributed by atoms with Crippen LogP contribution in [0.25, 0.3) is 0 Å². The van der Waals surface area contributed by atoms with Crippen molar-refractivity contribution in [2.45, 2.75) is 11.8 Å². The summed E-state index contributed by atoms with van der Waals surface area (Å²) in [6, 6.07) is 7.56. The van der Waals surface area contributed by atoms with Crippen molar-refractivity contribution >= 4 is 33.1 Å². The van der Waals surface area contributed by atoms with Gasteiger partial charge in [0.1, 0.15) is 5.69 Å². The number of rotatable bonds is 6. The van der Waals surface area contributed by atoms with Gasteiger partial charge in [-0.3, -0.25) is 14.5 Å². The second-order valence-corrected chi connectivity index (χ2v) is 8.04. The third-order valence-corrected chi connectivity index (χ3v) is 5.57. The first-order chi connectivity index (χ1) is 13.7. The molecule has 0 aliphatic heterocycles. The van der Waals surface area contributed by atoms with E-state index >= 15 is 0 Å². The summed E-state index contributed by atoms with van der Waals surface area (Å²) >= 11 is 5.94. The van der Waals surface area contributed by atoms with Gasteiger partial charge in [0.05, 0.1) is 22.7 Å². The van der Waals surface area contributed by atoms with Gasteiger partial charge in [-0.05, 0) is 43.3 Å². The predicted octanol–water partition coefficient (Wildman–Crippen LogP) is 3.62. The molecule has 3 rings (SSSR count). The van der Waals surface area contributed by atoms with Crippen LogP contribution in [0.5, 0.6) is 5.75 Å². The molecule has 0 fully saturated rings. The number of aromatic nitrogens is 2. The van der Waals surface area contributed by atoms with Gasteiger partial charge in [0.2, 0.25) is 5.78 Å². The molecule has 0 saturated heterocycles. The normalized spacial score (nSPS) is 11.2. The van der Waals surface area contributed by atoms with Gasteiger partial charge >= 0.3 is 0 Å². The zero-order valence-electron chi connectivity index (χ0n) is 15.3. The maximum Gasteiger partial charge on any atom is 0.262 e. The molecule has 0 amide bonds. The van der Waals surface area contributed by atoms with Crippen molar-refractivity contribution in [3.05, 3.63) is 76.6 Å². The van der Waals surface area contributed by atoms with E-state index in [1.54, 1.807) is 19.1 Å². The van der Waals surface area contributed by atoms with Gasteiger partial charge in [0.15, 0.2) is 11.6 Å². The van der Waals surface area contributed by atoms with E-state index < -0.39 is 21.6 Å². The van der Waals surface area contributed by atoms with Crippen molar-refractivity contribution in [1.82, 2.24) is 9.97 Å². The van der Waals surface area contributed by atoms with E-state index in [0.717, 1.165) is 6.07 Å². The molecule has 1 aromatic carbocycles. The predicted molar refractivity (Wildman–Crippen MR) is 105 cm³/mol. The van der Waals surface area contributed by atoms with Gasteiger partial charge < -0.3 is 4.74 Å². The summed E-state index contributed by atoms with van der Waals surface area (Å²) in [5.41, 5.74) is 0.420. The summed E-state index contributed by atoms with van der Waals surface area (Å²) in [5, 5.41) is 0.114. The Morgan fingerprint density at radius 3 is 2.62 bits per heavy atom. The lowest BCUT2D eigenvalue weighted by atomic mass is 10.1. The number of anilines is 1. The number of halogens is 2. The number of hydrogen-bond donors (Lipinski definition) is 1. The summed E-state index contributed by atoms with van der Waals surface area (Å²) < 4.78 is 46.4. The van der Waals surface area contributed by atoms with Gasteiger partial charge in [-0.25, -0.2) is 17.8 Å². The third-order valence-electron chi connectivity index (χ3n) is 4.00. The van der Waals surface area contributed by atoms with Crippen molar-refractivity contribution in [2.24, 2.45) is 0 Å². The van der Waals surface area contributed by atoms with E-state index in [2.05, 4.69) is 14.7 Å². The van der Waals surface area contributed by atoms with Crippen molar-refractivity contribution < 1.29 is 22.3 Å². The molecule has 7 nitrogen and oxygen atoms in total. The van der Waals surface area contributed by atoms with Crippen LogP contribution < -0.4 is 9.46 Å². The highest BCUT2D eigenvalue weighted by molar-refractivity contribution is 7.92. The molecule has 0 spiro atoms. The quantitative estimate of drug-likeness (QED) is 0.594. The third kappa shape index (κ3) is 4.36. The molecule has 10 heteroatoms. The molecular formula is C19H15ClFN3O4S. The van der Waals surface area contributed by atoms with Crippen LogP contribution in [0.15, 0.2) is 53.7 Å². The van der Waals surface area contributed by atoms with Gasteiger partial charge in [-0.1, -0.05) is 11.6 Å². The van der Waals surface area contributed by atoms with Gasteiger partial charge in [-0.15, -0.1) is 0 Å². The fraction of sp³-hybridized carbons (Fsp3) is 0.105. The van der Waals surface area contributed by atoms with Gasteiger partial charge in [0.25, 0.3) is 10.0 Å². The standard InChI is InChI=1S/C19H15ClFN3O4S/c1-11-14(4-3-7-22-11)19(25)18-16(8-12(20)10-23-18)24-29(26,27)13-5-6-17(28-2)15(21)9-13/h3-10,24H,1-2H3. The summed E-state index contributed by atoms with van der Waals surface area (Å²) in [6.45, 7) is 1.65. The molecule has 2 aromatic heterocycles. The zero-order chi connectivity index (χ0) is 21.2. The van der Waals surface area contributed by atoms with Crippen LogP contribution in [0.1, 0.15) is 21.7 Å². The van der Waals surface area contributed by atoms with E-state index in [9.17, 15) is 17.6 Å². The van der Waals surface area contributed by atoms with Crippen molar-refractivity contribution in [1.29, 1.82) is 0 Å². The minimum atomic E-state index is -4.24. The Balaban J connectivity index is 2.03. The van der Waals surface area contributed by atoms with Crippen molar-refractivity contribution in [3.63, 3.8) is 0 Å². The Morgan fingerprint density at radius 1 is 1.21 bits per heavy atom. The lowest BCUT2D eigenvalue weighted by Crippen LogP contribution is -2.17. The minimum absolute atomic E-state index is 0.101. The molecule has 150 valence electrons. The number of methoxy groups -OCH3 is 1. The Morgan fingerprint density at radius 2 is 1.97 bits per heavy atom. The molecule has 1 N–H and O–H groups in total. The molecule has 0 aliphatic rings. The molecule has 0 unspecified atom stereocenters. The number of nitrogens with zero attached hydrogens (tertiary/aromatic N) is 2. The summed E-state index contributed by atoms with van der Waals surface area (Å²) in [5.74, 6) is -1.48. The first kappa shape index (κ1) is 20.7. The summed E-state index contributed by atoms with van der Waals surface area (Å²) in [4.78, 5) is 20.6. The van der Waals surface area contributed by atoms with Crippen molar-refractivity contribution in [3.8, 4) is 5.75 Å². The maximum atomic E-state index is 13.9. The van der Waals surface area contributed by atoms with E-state index in [-0.39, 0.29) is 32.6 Å². The first-order valence-electron chi connectivity index (χ1n) is 8.21. The van der Waals surface area contributed by atoms with Crippen LogP contribution in [0.4, 0.5) is 10.1 Å². The number of carbonyl (C=O) groups is 1. The smallest absolute Gasteiger partial charge is 0.262 e. The number of pyridine rings is 2. The number of ketones is 1. The average molecular weight is 436 g/mol. The number of sulfonamides is 1. The minimum Gasteiger partial charge on any atom is -0.494 e. The van der Waals surface area contributed by atoms with E-state index in [1.807, 2.05) is 0 Å². The largest absolute Gasteiger partial charge is 0.494 e. The van der Waals surface area contributed by atoms with Crippen LogP contribution >= 0.6 is 11.6 Å². The summed E-state index contributed by atoms with van der Waals surface area (Å²) in [6.07, 6.45) is 2.76. The Labute approximate surface area is 171 Å². The number of carbonyl (C=O) groups excluding carboxylic acids is 1. The molecule has 0 bridgehead atoms. The van der Waals surface area contributed by atoms with Crippen LogP contribution in [-0.4, -0.2) is 31.3 Å². The number of hydrogen-bond acceptors (Lipinski definition) is 6. The number of benzene rings is 1. The van der Waals surface area contributed by atoms with Crippen LogP contribution in [0, 0.1) is 12.7 Å². The molecule has 0 saturated carbocycles. The molecule has 0 radical (unpaired) electrons. The van der Waals surface area contributed by atoms with E-state index in [0.29, 0.717) is 5.69 Å². The monoisotopic (exact) mass is 435 g/mol. The molecule has 0 atom stereocenters. The second-order valence-electron chi connectivity index (χ2n) is 5.92. The molecule has 0 aliphatic carbocycles. The molecular weight excluding hydrogens is 421 g/mol. The zero-order valence-corrected chi connectivity index (χ0v) is 16.9. The van der Waals surface area contributed by atoms with E-state index in [1.165, 1.54) is 37.7 Å². The fourth-order valence-corrected chi connectivity index (χ4v) is 3.79. The highest BCUT2D eigenvalue weighted by Crippen LogP contribution is 2.26. The molecule has 3 aromatic rings. The van der Waals surface area contributed by atoms with Crippen LogP contribution in [0.2, 0.25) is 5.02 Å². The maximum absolute atomic E-state index is 13.9. The van der Waals surface area contributed by atoms with E-state index in [4.69, 9.17) is 16.3 Å². The second kappa shape index (κ2) is 8.14. The van der Waals surface area contributed by atoms with Crippen molar-refractivity contribution in [2.75, 3.05) is 11.8 Å².